The van der Waals surface area contributed by atoms with E-state index in [0.717, 1.165) is 5.56 Å². The number of halogens is 1. The Morgan fingerprint density at radius 1 is 1.25 bits per heavy atom. The van der Waals surface area contributed by atoms with Crippen LogP contribution in [0.5, 0.6) is 11.5 Å². The number of amides is 1. The summed E-state index contributed by atoms with van der Waals surface area (Å²) in [7, 11) is 0. The van der Waals surface area contributed by atoms with Crippen molar-refractivity contribution >= 4 is 35.2 Å². The highest BCUT2D eigenvalue weighted by atomic mass is 35.5. The van der Waals surface area contributed by atoms with Crippen LogP contribution in [-0.2, 0) is 14.3 Å². The van der Waals surface area contributed by atoms with E-state index in [-0.39, 0.29) is 12.4 Å². The molecule has 2 aromatic carbocycles. The zero-order chi connectivity index (χ0) is 20.1. The molecule has 0 saturated carbocycles. The van der Waals surface area contributed by atoms with Crippen LogP contribution in [0.15, 0.2) is 42.0 Å². The maximum absolute atomic E-state index is 12.1. The van der Waals surface area contributed by atoms with E-state index in [4.69, 9.17) is 25.8 Å². The molecule has 1 amide bonds. The van der Waals surface area contributed by atoms with E-state index in [0.29, 0.717) is 27.8 Å². The summed E-state index contributed by atoms with van der Waals surface area (Å²) in [6.45, 7) is 1.44. The number of carbonyl (C=O) groups is 2. The van der Waals surface area contributed by atoms with Crippen molar-refractivity contribution in [2.75, 3.05) is 18.7 Å². The SMILES string of the molecule is Cc1ccc(NC(=O)COC(=O)C(C#N)=Cc2ccc3c(c2)OCO3)c(Cl)c1. The summed E-state index contributed by atoms with van der Waals surface area (Å²) in [5, 5.41) is 12.1. The molecule has 1 N–H and O–H groups in total. The first-order valence-corrected chi connectivity index (χ1v) is 8.58. The second-order valence-electron chi connectivity index (χ2n) is 5.89. The highest BCUT2D eigenvalue weighted by Gasteiger charge is 2.16. The number of fused-ring (bicyclic) bond motifs is 1. The van der Waals surface area contributed by atoms with Gasteiger partial charge in [-0.1, -0.05) is 23.7 Å². The molecule has 0 aromatic heterocycles. The van der Waals surface area contributed by atoms with Gasteiger partial charge in [0.25, 0.3) is 5.91 Å². The quantitative estimate of drug-likeness (QED) is 0.470. The van der Waals surface area contributed by atoms with Gasteiger partial charge in [-0.2, -0.15) is 5.26 Å². The van der Waals surface area contributed by atoms with Gasteiger partial charge in [-0.25, -0.2) is 4.79 Å². The van der Waals surface area contributed by atoms with Gasteiger partial charge >= 0.3 is 5.97 Å². The average Bonchev–Trinajstić information content (AvgIpc) is 3.14. The van der Waals surface area contributed by atoms with Crippen molar-refractivity contribution in [2.24, 2.45) is 0 Å². The maximum Gasteiger partial charge on any atom is 0.349 e. The third-order valence-corrected chi connectivity index (χ3v) is 4.09. The highest BCUT2D eigenvalue weighted by molar-refractivity contribution is 6.33. The molecular formula is C20H15ClN2O5. The zero-order valence-corrected chi connectivity index (χ0v) is 15.6. The summed E-state index contributed by atoms with van der Waals surface area (Å²) in [4.78, 5) is 24.1. The zero-order valence-electron chi connectivity index (χ0n) is 14.8. The molecule has 0 bridgehead atoms. The molecule has 3 rings (SSSR count). The predicted molar refractivity (Wildman–Crippen MR) is 102 cm³/mol. The Hall–Kier alpha value is -3.50. The number of nitrogens with one attached hydrogen (secondary N) is 1. The molecule has 8 heteroatoms. The van der Waals surface area contributed by atoms with Crippen LogP contribution in [0, 0.1) is 18.3 Å². The van der Waals surface area contributed by atoms with E-state index in [1.165, 1.54) is 6.08 Å². The van der Waals surface area contributed by atoms with Crippen LogP contribution in [-0.4, -0.2) is 25.3 Å². The Balaban J connectivity index is 1.61. The molecule has 28 heavy (non-hydrogen) atoms. The lowest BCUT2D eigenvalue weighted by Crippen LogP contribution is -2.21. The van der Waals surface area contributed by atoms with Gasteiger partial charge in [0, 0.05) is 0 Å². The number of anilines is 1. The highest BCUT2D eigenvalue weighted by Crippen LogP contribution is 2.33. The fourth-order valence-electron chi connectivity index (χ4n) is 2.42. The topological polar surface area (TPSA) is 97.7 Å². The molecule has 1 aliphatic heterocycles. The fourth-order valence-corrected chi connectivity index (χ4v) is 2.71. The number of esters is 1. The third-order valence-electron chi connectivity index (χ3n) is 3.78. The minimum atomic E-state index is -0.912. The monoisotopic (exact) mass is 398 g/mol. The van der Waals surface area contributed by atoms with Crippen molar-refractivity contribution in [3.63, 3.8) is 0 Å². The average molecular weight is 399 g/mol. The van der Waals surface area contributed by atoms with Crippen molar-refractivity contribution in [1.82, 2.24) is 0 Å². The lowest BCUT2D eigenvalue weighted by molar-refractivity contribution is -0.142. The molecule has 0 radical (unpaired) electrons. The summed E-state index contributed by atoms with van der Waals surface area (Å²) >= 11 is 6.05. The Morgan fingerprint density at radius 3 is 2.79 bits per heavy atom. The van der Waals surface area contributed by atoms with Crippen molar-refractivity contribution in [3.8, 4) is 17.6 Å². The molecule has 0 saturated heterocycles. The molecular weight excluding hydrogens is 384 g/mol. The Bertz CT molecular complexity index is 1010. The van der Waals surface area contributed by atoms with E-state index in [1.54, 1.807) is 42.5 Å². The van der Waals surface area contributed by atoms with E-state index >= 15 is 0 Å². The fraction of sp³-hybridized carbons (Fsp3) is 0.150. The van der Waals surface area contributed by atoms with Crippen LogP contribution in [0.3, 0.4) is 0 Å². The van der Waals surface area contributed by atoms with E-state index < -0.39 is 18.5 Å². The standard InChI is InChI=1S/C20H15ClN2O5/c1-12-2-4-16(15(21)6-12)23-19(24)10-26-20(25)14(9-22)7-13-3-5-17-18(8-13)28-11-27-17/h2-8H,10-11H2,1H3,(H,23,24). The smallest absolute Gasteiger partial charge is 0.349 e. The molecule has 0 spiro atoms. The van der Waals surface area contributed by atoms with E-state index in [1.807, 2.05) is 6.92 Å². The van der Waals surface area contributed by atoms with Crippen LogP contribution in [0.4, 0.5) is 5.69 Å². The van der Waals surface area contributed by atoms with Crippen LogP contribution in [0.1, 0.15) is 11.1 Å². The Labute approximate surface area is 166 Å². The first-order chi connectivity index (χ1) is 13.5. The molecule has 0 aliphatic carbocycles. The molecule has 1 aliphatic rings. The summed E-state index contributed by atoms with van der Waals surface area (Å²) in [6, 6.07) is 11.9. The molecule has 142 valence electrons. The maximum atomic E-state index is 12.1. The number of ether oxygens (including phenoxy) is 3. The van der Waals surface area contributed by atoms with Crippen molar-refractivity contribution in [3.05, 3.63) is 58.1 Å². The summed E-state index contributed by atoms with van der Waals surface area (Å²) in [6.07, 6.45) is 1.35. The molecule has 7 nitrogen and oxygen atoms in total. The number of hydrogen-bond acceptors (Lipinski definition) is 6. The van der Waals surface area contributed by atoms with Crippen molar-refractivity contribution < 1.29 is 23.8 Å². The number of benzene rings is 2. The third kappa shape index (κ3) is 4.61. The molecule has 1 heterocycles. The Kier molecular flexibility index (Phi) is 5.82. The molecule has 0 atom stereocenters. The van der Waals surface area contributed by atoms with Crippen molar-refractivity contribution in [2.45, 2.75) is 6.92 Å². The van der Waals surface area contributed by atoms with Gasteiger partial charge in [-0.15, -0.1) is 0 Å². The first kappa shape index (κ1) is 19.3. The van der Waals surface area contributed by atoms with Gasteiger partial charge in [0.1, 0.15) is 11.6 Å². The number of aryl methyl sites for hydroxylation is 1. The molecule has 0 unspecified atom stereocenters. The second-order valence-corrected chi connectivity index (χ2v) is 6.30. The van der Waals surface area contributed by atoms with Crippen LogP contribution >= 0.6 is 11.6 Å². The lowest BCUT2D eigenvalue weighted by atomic mass is 10.1. The number of nitrogens with zero attached hydrogens (tertiary/aromatic N) is 1. The molecule has 0 fully saturated rings. The van der Waals surface area contributed by atoms with E-state index in [2.05, 4.69) is 5.32 Å². The number of hydrogen-bond donors (Lipinski definition) is 1. The number of rotatable bonds is 5. The van der Waals surface area contributed by atoms with Gasteiger partial charge in [0.2, 0.25) is 6.79 Å². The van der Waals surface area contributed by atoms with Crippen LogP contribution in [0.2, 0.25) is 5.02 Å². The number of carbonyl (C=O) groups excluding carboxylic acids is 2. The van der Waals surface area contributed by atoms with Crippen LogP contribution in [0.25, 0.3) is 6.08 Å². The van der Waals surface area contributed by atoms with Gasteiger partial charge in [-0.05, 0) is 48.4 Å². The predicted octanol–water partition coefficient (Wildman–Crippen LogP) is 3.47. The summed E-state index contributed by atoms with van der Waals surface area (Å²) < 4.78 is 15.4. The normalized spacial score (nSPS) is 12.2. The second kappa shape index (κ2) is 8.46. The first-order valence-electron chi connectivity index (χ1n) is 8.21. The van der Waals surface area contributed by atoms with Gasteiger partial charge in [0.05, 0.1) is 10.7 Å². The summed E-state index contributed by atoms with van der Waals surface area (Å²) in [5.74, 6) is -0.372. The van der Waals surface area contributed by atoms with Crippen molar-refractivity contribution in [1.29, 1.82) is 5.26 Å². The Morgan fingerprint density at radius 2 is 2.04 bits per heavy atom. The van der Waals surface area contributed by atoms with Crippen LogP contribution < -0.4 is 14.8 Å². The van der Waals surface area contributed by atoms with Gasteiger partial charge in [-0.3, -0.25) is 4.79 Å². The summed E-state index contributed by atoms with van der Waals surface area (Å²) in [5.41, 5.74) is 1.67. The lowest BCUT2D eigenvalue weighted by Gasteiger charge is -2.08. The number of nitriles is 1. The van der Waals surface area contributed by atoms with E-state index in [9.17, 15) is 14.9 Å². The minimum absolute atomic E-state index is 0.121. The minimum Gasteiger partial charge on any atom is -0.454 e. The van der Waals surface area contributed by atoms with Gasteiger partial charge < -0.3 is 19.5 Å². The molecule has 2 aromatic rings. The van der Waals surface area contributed by atoms with Gasteiger partial charge in [0.15, 0.2) is 18.1 Å². The largest absolute Gasteiger partial charge is 0.454 e.